The molecule has 0 amide bonds. The normalized spacial score (nSPS) is 13.2. The molecule has 6 nitrogen and oxygen atoms in total. The molecule has 0 fully saturated rings. The first-order chi connectivity index (χ1) is 12.4. The van der Waals surface area contributed by atoms with Crippen LogP contribution >= 0.6 is 0 Å². The van der Waals surface area contributed by atoms with Crippen molar-refractivity contribution in [2.24, 2.45) is 0 Å². The summed E-state index contributed by atoms with van der Waals surface area (Å²) in [6, 6.07) is 0. The van der Waals surface area contributed by atoms with Crippen molar-refractivity contribution < 1.29 is 47.1 Å². The van der Waals surface area contributed by atoms with Crippen LogP contribution < -0.4 is 10.2 Å². The van der Waals surface area contributed by atoms with Crippen LogP contribution in [0.5, 0.6) is 0 Å². The third-order valence-corrected chi connectivity index (χ3v) is 3.56. The maximum atomic E-state index is 11.3. The van der Waals surface area contributed by atoms with Gasteiger partial charge in [-0.25, -0.2) is 0 Å². The fourth-order valence-corrected chi connectivity index (χ4v) is 2.21. The standard InChI is InChI=1S/2C10H12O3.Fe/c2*11-9(6-3-7-10(12)13)8-4-1-2-5-8;/h2*1-2,4-5,11H,3,6-7H2,(H,12,13);/q;;+2/p-2. The minimum absolute atomic E-state index is 0. The number of carbonyl (C=O) groups is 2. The molecular formula is C20H22FeO6. The number of rotatable bonds is 8. The zero-order chi connectivity index (χ0) is 19.4. The summed E-state index contributed by atoms with van der Waals surface area (Å²) >= 11 is 0. The molecule has 0 aromatic rings. The van der Waals surface area contributed by atoms with Crippen molar-refractivity contribution in [3.63, 3.8) is 0 Å². The maximum absolute atomic E-state index is 11.3. The van der Waals surface area contributed by atoms with E-state index in [9.17, 15) is 19.8 Å². The summed E-state index contributed by atoms with van der Waals surface area (Å²) in [5.41, 5.74) is 1.34. The second kappa shape index (κ2) is 13.7. The van der Waals surface area contributed by atoms with Crippen molar-refractivity contribution in [1.29, 1.82) is 0 Å². The van der Waals surface area contributed by atoms with E-state index in [1.807, 2.05) is 0 Å². The molecule has 0 bridgehead atoms. The van der Waals surface area contributed by atoms with E-state index in [4.69, 9.17) is 10.2 Å². The summed E-state index contributed by atoms with van der Waals surface area (Å²) in [6.07, 6.45) is 15.7. The molecule has 0 saturated carbocycles. The van der Waals surface area contributed by atoms with Crippen molar-refractivity contribution in [3.05, 3.63) is 71.3 Å². The van der Waals surface area contributed by atoms with Crippen LogP contribution in [0.1, 0.15) is 38.5 Å². The van der Waals surface area contributed by atoms with Gasteiger partial charge in [0.15, 0.2) is 0 Å². The Bertz CT molecular complexity index is 607. The van der Waals surface area contributed by atoms with Gasteiger partial charge < -0.3 is 20.4 Å². The van der Waals surface area contributed by atoms with E-state index in [1.165, 1.54) is 0 Å². The summed E-state index contributed by atoms with van der Waals surface area (Å²) in [5, 5.41) is 39.3. The molecule has 0 aromatic carbocycles. The fourth-order valence-electron chi connectivity index (χ4n) is 2.21. The molecule has 0 aliphatic heterocycles. The number of allylic oxidation sites excluding steroid dienone is 12. The zero-order valence-electron chi connectivity index (χ0n) is 14.7. The molecule has 0 aromatic heterocycles. The minimum atomic E-state index is -0.852. The van der Waals surface area contributed by atoms with Crippen molar-refractivity contribution in [1.82, 2.24) is 0 Å². The third kappa shape index (κ3) is 10.9. The molecule has 7 heteroatoms. The van der Waals surface area contributed by atoms with Gasteiger partial charge in [0.1, 0.15) is 0 Å². The van der Waals surface area contributed by atoms with Crippen LogP contribution in [0, 0.1) is 0 Å². The Morgan fingerprint density at radius 2 is 0.963 bits per heavy atom. The summed E-state index contributed by atoms with van der Waals surface area (Å²) in [6.45, 7) is 0. The van der Waals surface area contributed by atoms with Crippen molar-refractivity contribution >= 4 is 11.9 Å². The Hall–Kier alpha value is -2.50. The molecule has 2 aliphatic rings. The number of carboxylic acids is 2. The first-order valence-corrected chi connectivity index (χ1v) is 8.33. The summed E-state index contributed by atoms with van der Waals surface area (Å²) in [7, 11) is 0. The van der Waals surface area contributed by atoms with Crippen LogP contribution in [-0.2, 0) is 26.7 Å². The van der Waals surface area contributed by atoms with E-state index in [-0.39, 0.29) is 41.4 Å². The van der Waals surface area contributed by atoms with Gasteiger partial charge in [0.25, 0.3) is 0 Å². The quantitative estimate of drug-likeness (QED) is 0.463. The molecule has 2 N–H and O–H groups in total. The molecule has 27 heavy (non-hydrogen) atoms. The second-order valence-corrected chi connectivity index (χ2v) is 5.69. The summed E-state index contributed by atoms with van der Waals surface area (Å²) in [5.74, 6) is -1.66. The molecule has 0 spiro atoms. The van der Waals surface area contributed by atoms with Crippen LogP contribution in [-0.4, -0.2) is 22.2 Å². The van der Waals surface area contributed by atoms with Gasteiger partial charge in [0, 0.05) is 12.8 Å². The van der Waals surface area contributed by atoms with Crippen LogP contribution in [0.15, 0.2) is 71.3 Å². The van der Waals surface area contributed by atoms with E-state index in [0.717, 1.165) is 0 Å². The van der Waals surface area contributed by atoms with Gasteiger partial charge in [-0.05, 0) is 36.8 Å². The average Bonchev–Trinajstić information content (AvgIpc) is 3.28. The molecule has 2 aliphatic carbocycles. The predicted octanol–water partition coefficient (Wildman–Crippen LogP) is 1.96. The van der Waals surface area contributed by atoms with E-state index < -0.39 is 11.9 Å². The molecule has 0 radical (unpaired) electrons. The van der Waals surface area contributed by atoms with Gasteiger partial charge in [0.2, 0.25) is 0 Å². The number of carboxylic acid groups (broad SMARTS) is 2. The average molecular weight is 414 g/mol. The van der Waals surface area contributed by atoms with E-state index in [0.29, 0.717) is 36.8 Å². The molecule has 146 valence electrons. The van der Waals surface area contributed by atoms with Gasteiger partial charge in [-0.15, -0.1) is 11.5 Å². The van der Waals surface area contributed by atoms with Crippen molar-refractivity contribution in [2.75, 3.05) is 0 Å². The van der Waals surface area contributed by atoms with E-state index in [2.05, 4.69) is 0 Å². The second-order valence-electron chi connectivity index (χ2n) is 5.69. The first kappa shape index (κ1) is 24.5. The molecule has 0 unspecified atom stereocenters. The Morgan fingerprint density at radius 1 is 0.667 bits per heavy atom. The molecule has 2 rings (SSSR count). The molecule has 0 saturated heterocycles. The maximum Gasteiger partial charge on any atom is 2.00 e. The third-order valence-electron chi connectivity index (χ3n) is 3.56. The Kier molecular flexibility index (Phi) is 12.4. The van der Waals surface area contributed by atoms with Crippen LogP contribution in [0.25, 0.3) is 0 Å². The topological polar surface area (TPSA) is 121 Å². The number of hydrogen-bond donors (Lipinski definition) is 2. The predicted molar refractivity (Wildman–Crippen MR) is 93.6 cm³/mol. The summed E-state index contributed by atoms with van der Waals surface area (Å²) in [4.78, 5) is 20.3. The first-order valence-electron chi connectivity index (χ1n) is 8.33. The number of hydrogen-bond acceptors (Lipinski definition) is 4. The van der Waals surface area contributed by atoms with Crippen molar-refractivity contribution in [3.8, 4) is 0 Å². The zero-order valence-corrected chi connectivity index (χ0v) is 15.8. The van der Waals surface area contributed by atoms with Crippen LogP contribution in [0.3, 0.4) is 0 Å². The Balaban J connectivity index is 0.000000483. The molecule has 0 atom stereocenters. The Morgan fingerprint density at radius 3 is 1.22 bits per heavy atom. The van der Waals surface area contributed by atoms with Gasteiger partial charge in [-0.2, -0.15) is 0 Å². The fraction of sp³-hybridized carbons (Fsp3) is 0.300. The monoisotopic (exact) mass is 414 g/mol. The largest absolute Gasteiger partial charge is 2.00 e. The Labute approximate surface area is 169 Å². The van der Waals surface area contributed by atoms with Crippen LogP contribution in [0.4, 0.5) is 0 Å². The smallest absolute Gasteiger partial charge is 0.875 e. The van der Waals surface area contributed by atoms with Crippen molar-refractivity contribution in [2.45, 2.75) is 38.5 Å². The van der Waals surface area contributed by atoms with Gasteiger partial charge >= 0.3 is 29.0 Å². The van der Waals surface area contributed by atoms with Gasteiger partial charge in [0.05, 0.1) is 0 Å². The number of aliphatic carboxylic acids is 2. The molecule has 0 heterocycles. The van der Waals surface area contributed by atoms with E-state index in [1.54, 1.807) is 48.6 Å². The minimum Gasteiger partial charge on any atom is -0.875 e. The van der Waals surface area contributed by atoms with Gasteiger partial charge in [-0.3, -0.25) is 9.59 Å². The van der Waals surface area contributed by atoms with Gasteiger partial charge in [-0.1, -0.05) is 48.6 Å². The molecular weight excluding hydrogens is 392 g/mol. The SMILES string of the molecule is O=C(O)CCCC([O-])=C1C=CC=C1.O=C(O)CCCC([O-])=C1C=CC=C1.[Fe+2]. The van der Waals surface area contributed by atoms with E-state index >= 15 is 0 Å². The summed E-state index contributed by atoms with van der Waals surface area (Å²) < 4.78 is 0. The van der Waals surface area contributed by atoms with Crippen LogP contribution in [0.2, 0.25) is 0 Å².